The second kappa shape index (κ2) is 11.5. The first-order valence-electron chi connectivity index (χ1n) is 12.8. The van der Waals surface area contributed by atoms with E-state index in [1.54, 1.807) is 4.57 Å². The van der Waals surface area contributed by atoms with Crippen molar-refractivity contribution < 1.29 is 18.0 Å². The summed E-state index contributed by atoms with van der Waals surface area (Å²) in [5.74, 6) is -0.744. The molecule has 0 radical (unpaired) electrons. The van der Waals surface area contributed by atoms with Gasteiger partial charge in [0.2, 0.25) is 5.91 Å². The number of aromatic nitrogens is 3. The van der Waals surface area contributed by atoms with Gasteiger partial charge in [-0.15, -0.1) is 0 Å². The standard InChI is InChI=1S/C30H25F3N4O2S3/c1-16-8-5-9-17(2)23(16)36-26-25(42-29(36)40)27(39)37(24-18(3)10-6-11-19(24)4)28(35-26)41-15-22(38)34-21-13-7-12-20(14-21)30(31,32)33/h5-14H,15H2,1-4H3,(H,34,38). The summed E-state index contributed by atoms with van der Waals surface area (Å²) >= 11 is 7.93. The summed E-state index contributed by atoms with van der Waals surface area (Å²) in [4.78, 5) is 32.0. The summed E-state index contributed by atoms with van der Waals surface area (Å²) in [5, 5.41) is 2.78. The van der Waals surface area contributed by atoms with Crippen molar-refractivity contribution >= 4 is 57.3 Å². The van der Waals surface area contributed by atoms with Crippen LogP contribution in [0.1, 0.15) is 27.8 Å². The fraction of sp³-hybridized carbons (Fsp3) is 0.200. The van der Waals surface area contributed by atoms with Gasteiger partial charge in [-0.3, -0.25) is 18.7 Å². The smallest absolute Gasteiger partial charge is 0.325 e. The minimum atomic E-state index is -4.54. The molecule has 0 unspecified atom stereocenters. The highest BCUT2D eigenvalue weighted by Gasteiger charge is 2.30. The first-order chi connectivity index (χ1) is 19.9. The van der Waals surface area contributed by atoms with E-state index < -0.39 is 17.6 Å². The van der Waals surface area contributed by atoms with Gasteiger partial charge >= 0.3 is 6.18 Å². The molecule has 1 N–H and O–H groups in total. The van der Waals surface area contributed by atoms with Crippen molar-refractivity contribution in [2.75, 3.05) is 11.1 Å². The Labute approximate surface area is 252 Å². The van der Waals surface area contributed by atoms with E-state index in [1.807, 2.05) is 64.1 Å². The highest BCUT2D eigenvalue weighted by molar-refractivity contribution is 7.99. The number of carbonyl (C=O) groups is 1. The number of benzene rings is 3. The number of amides is 1. The van der Waals surface area contributed by atoms with Crippen molar-refractivity contribution in [3.8, 4) is 11.4 Å². The lowest BCUT2D eigenvalue weighted by atomic mass is 10.1. The molecule has 5 aromatic rings. The van der Waals surface area contributed by atoms with Crippen LogP contribution in [-0.2, 0) is 11.0 Å². The largest absolute Gasteiger partial charge is 0.416 e. The number of thioether (sulfide) groups is 1. The van der Waals surface area contributed by atoms with Crippen LogP contribution in [0.5, 0.6) is 0 Å². The SMILES string of the molecule is Cc1cccc(C)c1-n1c(SCC(=O)Nc2cccc(C(F)(F)F)c2)nc2c(sc(=S)n2-c2c(C)cccc2C)c1=O. The highest BCUT2D eigenvalue weighted by atomic mass is 32.2. The van der Waals surface area contributed by atoms with Crippen LogP contribution < -0.4 is 10.9 Å². The molecule has 0 atom stereocenters. The highest BCUT2D eigenvalue weighted by Crippen LogP contribution is 2.32. The number of rotatable bonds is 6. The number of anilines is 1. The third-order valence-electron chi connectivity index (χ3n) is 6.71. The summed E-state index contributed by atoms with van der Waals surface area (Å²) in [6.07, 6.45) is -4.54. The maximum atomic E-state index is 14.1. The number of hydrogen-bond donors (Lipinski definition) is 1. The van der Waals surface area contributed by atoms with Crippen LogP contribution in [0.2, 0.25) is 0 Å². The number of aryl methyl sites for hydroxylation is 4. The van der Waals surface area contributed by atoms with Crippen LogP contribution in [-0.4, -0.2) is 25.8 Å². The molecule has 216 valence electrons. The molecule has 0 aliphatic rings. The number of nitrogens with one attached hydrogen (secondary N) is 1. The molecule has 0 saturated carbocycles. The van der Waals surface area contributed by atoms with Crippen molar-refractivity contribution in [2.45, 2.75) is 39.0 Å². The van der Waals surface area contributed by atoms with Crippen LogP contribution in [0.15, 0.2) is 70.6 Å². The number of fused-ring (bicyclic) bond motifs is 1. The van der Waals surface area contributed by atoms with Gasteiger partial charge in [0.1, 0.15) is 4.70 Å². The van der Waals surface area contributed by atoms with E-state index >= 15 is 0 Å². The van der Waals surface area contributed by atoms with Crippen LogP contribution in [0.4, 0.5) is 18.9 Å². The molecule has 0 fully saturated rings. The average molecular weight is 627 g/mol. The predicted molar refractivity (Wildman–Crippen MR) is 165 cm³/mol. The lowest BCUT2D eigenvalue weighted by Gasteiger charge is -2.17. The summed E-state index contributed by atoms with van der Waals surface area (Å²) in [7, 11) is 0. The van der Waals surface area contributed by atoms with Crippen LogP contribution in [0, 0.1) is 31.6 Å². The Balaban J connectivity index is 1.62. The fourth-order valence-electron chi connectivity index (χ4n) is 4.84. The Morgan fingerprint density at radius 1 is 0.929 bits per heavy atom. The molecular formula is C30H25F3N4O2S3. The van der Waals surface area contributed by atoms with Gasteiger partial charge in [0.25, 0.3) is 5.56 Å². The van der Waals surface area contributed by atoms with Crippen molar-refractivity contribution in [3.63, 3.8) is 0 Å². The molecule has 0 saturated heterocycles. The quantitative estimate of drug-likeness (QED) is 0.118. The minimum absolute atomic E-state index is 0.0208. The number of halogens is 3. The van der Waals surface area contributed by atoms with Gasteiger partial charge in [-0.05, 0) is 80.4 Å². The second-order valence-electron chi connectivity index (χ2n) is 9.79. The molecule has 6 nitrogen and oxygen atoms in total. The molecule has 0 bridgehead atoms. The zero-order valence-electron chi connectivity index (χ0n) is 23.0. The second-order valence-corrected chi connectivity index (χ2v) is 12.4. The normalized spacial score (nSPS) is 11.7. The number of carbonyl (C=O) groups excluding carboxylic acids is 1. The molecule has 3 aromatic carbocycles. The van der Waals surface area contributed by atoms with Gasteiger partial charge < -0.3 is 5.32 Å². The molecule has 1 amide bonds. The van der Waals surface area contributed by atoms with Crippen LogP contribution >= 0.6 is 35.3 Å². The Morgan fingerprint density at radius 3 is 2.05 bits per heavy atom. The van der Waals surface area contributed by atoms with Gasteiger partial charge in [-0.1, -0.05) is 65.6 Å². The Hall–Kier alpha value is -3.74. The molecule has 2 heterocycles. The first-order valence-corrected chi connectivity index (χ1v) is 15.0. The maximum absolute atomic E-state index is 14.1. The predicted octanol–water partition coefficient (Wildman–Crippen LogP) is 7.95. The van der Waals surface area contributed by atoms with Gasteiger partial charge in [0.15, 0.2) is 14.8 Å². The van der Waals surface area contributed by atoms with E-state index in [1.165, 1.54) is 28.0 Å². The van der Waals surface area contributed by atoms with E-state index in [0.717, 1.165) is 51.8 Å². The van der Waals surface area contributed by atoms with Crippen LogP contribution in [0.3, 0.4) is 0 Å². The molecule has 12 heteroatoms. The average Bonchev–Trinajstić information content (AvgIpc) is 3.24. The topological polar surface area (TPSA) is 68.9 Å². The van der Waals surface area contributed by atoms with Gasteiger partial charge in [-0.25, -0.2) is 4.98 Å². The molecular weight excluding hydrogens is 602 g/mol. The van der Waals surface area contributed by atoms with E-state index in [9.17, 15) is 22.8 Å². The third-order valence-corrected chi connectivity index (χ3v) is 9.00. The van der Waals surface area contributed by atoms with Crippen molar-refractivity contribution in [3.05, 3.63) is 103 Å². The minimum Gasteiger partial charge on any atom is -0.325 e. The first kappa shape index (κ1) is 29.7. The van der Waals surface area contributed by atoms with E-state index in [2.05, 4.69) is 5.32 Å². The van der Waals surface area contributed by atoms with E-state index in [0.29, 0.717) is 20.0 Å². The van der Waals surface area contributed by atoms with Crippen LogP contribution in [0.25, 0.3) is 21.7 Å². The van der Waals surface area contributed by atoms with Gasteiger partial charge in [-0.2, -0.15) is 13.2 Å². The fourth-order valence-corrected chi connectivity index (χ4v) is 6.91. The van der Waals surface area contributed by atoms with Crippen molar-refractivity contribution in [1.82, 2.24) is 14.1 Å². The monoisotopic (exact) mass is 626 g/mol. The number of nitrogens with zero attached hydrogens (tertiary/aromatic N) is 3. The molecule has 0 aliphatic heterocycles. The Bertz CT molecular complexity index is 1940. The molecule has 2 aromatic heterocycles. The summed E-state index contributed by atoms with van der Waals surface area (Å²) in [6, 6.07) is 16.0. The lowest BCUT2D eigenvalue weighted by molar-refractivity contribution is -0.137. The lowest BCUT2D eigenvalue weighted by Crippen LogP contribution is -2.24. The number of para-hydroxylation sites is 2. The Morgan fingerprint density at radius 2 is 1.48 bits per heavy atom. The summed E-state index contributed by atoms with van der Waals surface area (Å²) in [5.41, 5.74) is 4.30. The van der Waals surface area contributed by atoms with Crippen molar-refractivity contribution in [1.29, 1.82) is 0 Å². The molecule has 42 heavy (non-hydrogen) atoms. The zero-order valence-corrected chi connectivity index (χ0v) is 25.4. The number of thiazole rings is 1. The van der Waals surface area contributed by atoms with Gasteiger partial charge in [0, 0.05) is 5.69 Å². The third kappa shape index (κ3) is 5.66. The van der Waals surface area contributed by atoms with E-state index in [4.69, 9.17) is 17.2 Å². The summed E-state index contributed by atoms with van der Waals surface area (Å²) < 4.78 is 43.6. The Kier molecular flexibility index (Phi) is 8.15. The van der Waals surface area contributed by atoms with Crippen molar-refractivity contribution in [2.24, 2.45) is 0 Å². The van der Waals surface area contributed by atoms with Gasteiger partial charge in [0.05, 0.1) is 22.7 Å². The molecule has 5 rings (SSSR count). The molecule has 0 spiro atoms. The maximum Gasteiger partial charge on any atom is 0.416 e. The molecule has 0 aliphatic carbocycles. The summed E-state index contributed by atoms with van der Waals surface area (Å²) in [6.45, 7) is 7.69. The number of hydrogen-bond acceptors (Lipinski definition) is 6. The van der Waals surface area contributed by atoms with E-state index in [-0.39, 0.29) is 22.2 Å². The zero-order chi connectivity index (χ0) is 30.3. The number of alkyl halides is 3.